The van der Waals surface area contributed by atoms with Crippen molar-refractivity contribution in [1.29, 1.82) is 0 Å². The van der Waals surface area contributed by atoms with Gasteiger partial charge in [0.1, 0.15) is 0 Å². The topological polar surface area (TPSA) is 75.4 Å². The fraction of sp³-hybridized carbons (Fsp3) is 0.615. The van der Waals surface area contributed by atoms with Gasteiger partial charge in [0.25, 0.3) is 5.56 Å². The van der Waals surface area contributed by atoms with E-state index in [0.717, 1.165) is 13.0 Å². The maximum Gasteiger partial charge on any atom is 0.308 e. The first kappa shape index (κ1) is 13.6. The predicted octanol–water partition coefficient (Wildman–Crippen LogP) is 0.698. The van der Waals surface area contributed by atoms with Gasteiger partial charge in [-0.25, -0.2) is 4.98 Å². The Kier molecular flexibility index (Phi) is 3.59. The summed E-state index contributed by atoms with van der Waals surface area (Å²) < 4.78 is 1.51. The summed E-state index contributed by atoms with van der Waals surface area (Å²) in [5.41, 5.74) is 1.27. The van der Waals surface area contributed by atoms with Crippen LogP contribution in [0.5, 0.6) is 0 Å². The number of anilines is 1. The Morgan fingerprint density at radius 1 is 1.42 bits per heavy atom. The van der Waals surface area contributed by atoms with Gasteiger partial charge in [0.05, 0.1) is 5.92 Å². The number of rotatable bonds is 2. The van der Waals surface area contributed by atoms with Crippen LogP contribution in [0, 0.1) is 19.8 Å². The quantitative estimate of drug-likeness (QED) is 0.852. The maximum absolute atomic E-state index is 12.0. The van der Waals surface area contributed by atoms with Crippen molar-refractivity contribution in [3.63, 3.8) is 0 Å². The first-order valence-electron chi connectivity index (χ1n) is 6.43. The molecule has 1 aromatic heterocycles. The monoisotopic (exact) mass is 265 g/mol. The van der Waals surface area contributed by atoms with Crippen molar-refractivity contribution in [2.75, 3.05) is 18.0 Å². The first-order valence-corrected chi connectivity index (χ1v) is 6.43. The molecule has 19 heavy (non-hydrogen) atoms. The molecule has 0 saturated carbocycles. The molecule has 1 aliphatic rings. The van der Waals surface area contributed by atoms with Gasteiger partial charge in [-0.2, -0.15) is 0 Å². The molecule has 1 fully saturated rings. The molecule has 2 rings (SSSR count). The van der Waals surface area contributed by atoms with Gasteiger partial charge >= 0.3 is 5.97 Å². The van der Waals surface area contributed by atoms with Crippen molar-refractivity contribution in [3.05, 3.63) is 21.6 Å². The van der Waals surface area contributed by atoms with Crippen molar-refractivity contribution in [2.45, 2.75) is 26.7 Å². The number of aryl methyl sites for hydroxylation is 1. The van der Waals surface area contributed by atoms with Crippen LogP contribution < -0.4 is 10.5 Å². The van der Waals surface area contributed by atoms with Crippen LogP contribution in [0.25, 0.3) is 0 Å². The lowest BCUT2D eigenvalue weighted by Gasteiger charge is -2.32. The van der Waals surface area contributed by atoms with Crippen LogP contribution in [0.2, 0.25) is 0 Å². The number of hydrogen-bond donors (Lipinski definition) is 1. The van der Waals surface area contributed by atoms with Crippen LogP contribution in [0.3, 0.4) is 0 Å². The number of carbonyl (C=O) groups is 1. The average molecular weight is 265 g/mol. The van der Waals surface area contributed by atoms with Gasteiger partial charge in [0.2, 0.25) is 5.95 Å². The lowest BCUT2D eigenvalue weighted by Crippen LogP contribution is -2.42. The molecule has 6 nitrogen and oxygen atoms in total. The molecule has 1 atom stereocenters. The smallest absolute Gasteiger partial charge is 0.308 e. The summed E-state index contributed by atoms with van der Waals surface area (Å²) in [5.74, 6) is -0.593. The Morgan fingerprint density at radius 2 is 2.11 bits per heavy atom. The summed E-state index contributed by atoms with van der Waals surface area (Å²) in [4.78, 5) is 29.5. The Morgan fingerprint density at radius 3 is 2.74 bits per heavy atom. The standard InChI is InChI=1S/C13H19N3O3/c1-8-9(2)14-13(15(3)11(8)17)16-6-4-5-10(7-16)12(18)19/h10H,4-7H2,1-3H3,(H,18,19)/t10-/m0/s1. The second-order valence-corrected chi connectivity index (χ2v) is 5.11. The van der Waals surface area contributed by atoms with Gasteiger partial charge in [-0.3, -0.25) is 14.2 Å². The van der Waals surface area contributed by atoms with E-state index < -0.39 is 5.97 Å². The largest absolute Gasteiger partial charge is 0.481 e. The number of aliphatic carboxylic acids is 1. The number of carboxylic acids is 1. The van der Waals surface area contributed by atoms with Gasteiger partial charge in [0, 0.05) is 31.4 Å². The minimum Gasteiger partial charge on any atom is -0.481 e. The van der Waals surface area contributed by atoms with E-state index in [2.05, 4.69) is 4.98 Å². The zero-order valence-corrected chi connectivity index (χ0v) is 11.5. The second kappa shape index (κ2) is 5.03. The molecule has 2 heterocycles. The maximum atomic E-state index is 12.0. The predicted molar refractivity (Wildman–Crippen MR) is 71.5 cm³/mol. The fourth-order valence-corrected chi connectivity index (χ4v) is 2.45. The van der Waals surface area contributed by atoms with Crippen LogP contribution in [0.1, 0.15) is 24.1 Å². The van der Waals surface area contributed by atoms with Crippen LogP contribution in [-0.2, 0) is 11.8 Å². The number of hydrogen-bond acceptors (Lipinski definition) is 4. The lowest BCUT2D eigenvalue weighted by molar-refractivity contribution is -0.141. The van der Waals surface area contributed by atoms with Crippen LogP contribution >= 0.6 is 0 Å². The van der Waals surface area contributed by atoms with Crippen LogP contribution in [-0.4, -0.2) is 33.7 Å². The average Bonchev–Trinajstić information content (AvgIpc) is 2.40. The molecule has 0 radical (unpaired) electrons. The van der Waals surface area contributed by atoms with E-state index in [1.807, 2.05) is 4.90 Å². The number of nitrogens with zero attached hydrogens (tertiary/aromatic N) is 3. The number of piperidine rings is 1. The zero-order chi connectivity index (χ0) is 14.2. The molecule has 0 unspecified atom stereocenters. The molecular formula is C13H19N3O3. The number of aromatic nitrogens is 2. The molecule has 0 bridgehead atoms. The Labute approximate surface area is 111 Å². The van der Waals surface area contributed by atoms with Crippen molar-refractivity contribution in [1.82, 2.24) is 9.55 Å². The lowest BCUT2D eigenvalue weighted by atomic mass is 9.99. The van der Waals surface area contributed by atoms with Gasteiger partial charge in [-0.1, -0.05) is 0 Å². The SMILES string of the molecule is Cc1nc(N2CCC[C@H](C(=O)O)C2)n(C)c(=O)c1C. The third-order valence-electron chi connectivity index (χ3n) is 3.79. The van der Waals surface area contributed by atoms with E-state index in [9.17, 15) is 9.59 Å². The van der Waals surface area contributed by atoms with Crippen molar-refractivity contribution < 1.29 is 9.90 Å². The fourth-order valence-electron chi connectivity index (χ4n) is 2.45. The third kappa shape index (κ3) is 2.47. The molecule has 0 aromatic carbocycles. The molecule has 0 aliphatic carbocycles. The minimum absolute atomic E-state index is 0.0695. The van der Waals surface area contributed by atoms with E-state index in [0.29, 0.717) is 30.2 Å². The molecule has 1 aliphatic heterocycles. The molecule has 1 saturated heterocycles. The summed E-state index contributed by atoms with van der Waals surface area (Å²) in [6.07, 6.45) is 1.49. The Hall–Kier alpha value is -1.85. The van der Waals surface area contributed by atoms with Crippen LogP contribution in [0.4, 0.5) is 5.95 Å². The first-order chi connectivity index (χ1) is 8.91. The summed E-state index contributed by atoms with van der Waals surface area (Å²) in [6, 6.07) is 0. The molecule has 1 aromatic rings. The Bertz CT molecular complexity index is 565. The van der Waals surface area contributed by atoms with E-state index in [-0.39, 0.29) is 11.5 Å². The van der Waals surface area contributed by atoms with Gasteiger partial charge in [-0.15, -0.1) is 0 Å². The van der Waals surface area contributed by atoms with E-state index in [1.165, 1.54) is 4.57 Å². The molecular weight excluding hydrogens is 246 g/mol. The third-order valence-corrected chi connectivity index (χ3v) is 3.79. The number of carboxylic acid groups (broad SMARTS) is 1. The van der Waals surface area contributed by atoms with Gasteiger partial charge < -0.3 is 10.0 Å². The second-order valence-electron chi connectivity index (χ2n) is 5.11. The molecule has 104 valence electrons. The zero-order valence-electron chi connectivity index (χ0n) is 11.5. The van der Waals surface area contributed by atoms with Crippen molar-refractivity contribution in [3.8, 4) is 0 Å². The van der Waals surface area contributed by atoms with E-state index in [1.54, 1.807) is 20.9 Å². The highest BCUT2D eigenvalue weighted by Crippen LogP contribution is 2.21. The van der Waals surface area contributed by atoms with Gasteiger partial charge in [0.15, 0.2) is 0 Å². The summed E-state index contributed by atoms with van der Waals surface area (Å²) in [5, 5.41) is 9.11. The highest BCUT2D eigenvalue weighted by Gasteiger charge is 2.27. The molecule has 1 N–H and O–H groups in total. The summed E-state index contributed by atoms with van der Waals surface area (Å²) in [7, 11) is 1.68. The van der Waals surface area contributed by atoms with Crippen molar-refractivity contribution >= 4 is 11.9 Å². The summed E-state index contributed by atoms with van der Waals surface area (Å²) >= 11 is 0. The minimum atomic E-state index is -0.779. The molecule has 6 heteroatoms. The van der Waals surface area contributed by atoms with Gasteiger partial charge in [-0.05, 0) is 26.7 Å². The molecule has 0 spiro atoms. The normalized spacial score (nSPS) is 19.5. The van der Waals surface area contributed by atoms with Crippen molar-refractivity contribution in [2.24, 2.45) is 13.0 Å². The van der Waals surface area contributed by atoms with Crippen LogP contribution in [0.15, 0.2) is 4.79 Å². The highest BCUT2D eigenvalue weighted by atomic mass is 16.4. The van der Waals surface area contributed by atoms with E-state index in [4.69, 9.17) is 5.11 Å². The Balaban J connectivity index is 2.37. The summed E-state index contributed by atoms with van der Waals surface area (Å²) in [6.45, 7) is 4.72. The molecule has 0 amide bonds. The van der Waals surface area contributed by atoms with E-state index >= 15 is 0 Å². The highest BCUT2D eigenvalue weighted by molar-refractivity contribution is 5.71.